The number of hydrogen-bond acceptors (Lipinski definition) is 7. The van der Waals surface area contributed by atoms with Crippen LogP contribution in [0.5, 0.6) is 11.5 Å². The summed E-state index contributed by atoms with van der Waals surface area (Å²) in [7, 11) is 0. The molecule has 0 radical (unpaired) electrons. The van der Waals surface area contributed by atoms with Crippen LogP contribution in [0, 0.1) is 6.92 Å². The largest absolute Gasteiger partial charge is 0.477 e. The Kier molecular flexibility index (Phi) is 4.44. The number of fused-ring (bicyclic) bond motifs is 2. The van der Waals surface area contributed by atoms with Gasteiger partial charge in [0.05, 0.1) is 25.1 Å². The number of hydrogen-bond donors (Lipinski definition) is 2. The van der Waals surface area contributed by atoms with Gasteiger partial charge in [-0.2, -0.15) is 0 Å². The van der Waals surface area contributed by atoms with E-state index in [1.54, 1.807) is 25.1 Å². The van der Waals surface area contributed by atoms with E-state index in [9.17, 15) is 24.6 Å². The molecule has 2 aromatic heterocycles. The van der Waals surface area contributed by atoms with E-state index in [1.807, 2.05) is 0 Å². The minimum absolute atomic E-state index is 0.000118. The zero-order valence-corrected chi connectivity index (χ0v) is 15.6. The Morgan fingerprint density at radius 2 is 2.04 bits per heavy atom. The molecule has 0 unspecified atom stereocenters. The van der Waals surface area contributed by atoms with Crippen molar-refractivity contribution in [1.29, 1.82) is 0 Å². The summed E-state index contributed by atoms with van der Waals surface area (Å²) in [5, 5.41) is 18.9. The van der Waals surface area contributed by atoms with Gasteiger partial charge in [0, 0.05) is 5.56 Å². The summed E-state index contributed by atoms with van der Waals surface area (Å²) in [6, 6.07) is 5.28. The van der Waals surface area contributed by atoms with Crippen LogP contribution in [0.15, 0.2) is 27.8 Å². The molecule has 9 nitrogen and oxygen atoms in total. The number of nitrogens with zero attached hydrogens (tertiary/aromatic N) is 2. The fraction of sp³-hybridized carbons (Fsp3) is 0.278. The molecule has 0 bridgehead atoms. The molecule has 0 saturated carbocycles. The normalized spacial score (nSPS) is 12.6. The van der Waals surface area contributed by atoms with Crippen LogP contribution in [0.2, 0.25) is 0 Å². The van der Waals surface area contributed by atoms with Gasteiger partial charge in [-0.1, -0.05) is 12.1 Å². The SMILES string of the molecule is Cc1c(C(=O)O)sc2c1c(=O)n(CCO)c(=O)n2Cc1cccc2c1OCO2. The molecular weight excluding hydrogens is 388 g/mol. The van der Waals surface area contributed by atoms with E-state index in [2.05, 4.69) is 0 Å². The molecule has 2 N–H and O–H groups in total. The summed E-state index contributed by atoms with van der Waals surface area (Å²) in [5.41, 5.74) is -0.267. The number of carboxylic acids is 1. The maximum absolute atomic E-state index is 13.0. The van der Waals surface area contributed by atoms with Crippen molar-refractivity contribution in [1.82, 2.24) is 9.13 Å². The molecular formula is C18H16N2O7S. The number of ether oxygens (including phenoxy) is 2. The Morgan fingerprint density at radius 1 is 1.25 bits per heavy atom. The van der Waals surface area contributed by atoms with Crippen LogP contribution in [0.3, 0.4) is 0 Å². The van der Waals surface area contributed by atoms with E-state index in [0.29, 0.717) is 22.6 Å². The molecule has 146 valence electrons. The number of para-hydroxylation sites is 1. The Morgan fingerprint density at radius 3 is 2.75 bits per heavy atom. The van der Waals surface area contributed by atoms with Crippen molar-refractivity contribution in [3.05, 3.63) is 55.0 Å². The lowest BCUT2D eigenvalue weighted by molar-refractivity contribution is 0.0701. The molecule has 3 aromatic rings. The highest BCUT2D eigenvalue weighted by Gasteiger charge is 2.24. The second kappa shape index (κ2) is 6.80. The molecule has 0 saturated heterocycles. The van der Waals surface area contributed by atoms with Gasteiger partial charge in [0.1, 0.15) is 9.71 Å². The smallest absolute Gasteiger partial charge is 0.346 e. The monoisotopic (exact) mass is 404 g/mol. The Balaban J connectivity index is 2.01. The Labute approximate surface area is 161 Å². The van der Waals surface area contributed by atoms with Crippen molar-refractivity contribution < 1.29 is 24.5 Å². The lowest BCUT2D eigenvalue weighted by Gasteiger charge is -2.13. The number of rotatable bonds is 5. The van der Waals surface area contributed by atoms with E-state index in [0.717, 1.165) is 15.9 Å². The van der Waals surface area contributed by atoms with Crippen LogP contribution in [0.4, 0.5) is 0 Å². The van der Waals surface area contributed by atoms with E-state index < -0.39 is 23.8 Å². The number of aliphatic hydroxyl groups is 1. The molecule has 0 aliphatic carbocycles. The highest BCUT2D eigenvalue weighted by molar-refractivity contribution is 7.20. The highest BCUT2D eigenvalue weighted by atomic mass is 32.1. The predicted octanol–water partition coefficient (Wildman–Crippen LogP) is 1.00. The molecule has 0 atom stereocenters. The number of thiophene rings is 1. The summed E-state index contributed by atoms with van der Waals surface area (Å²) in [4.78, 5) is 37.6. The van der Waals surface area contributed by atoms with Gasteiger partial charge in [0.15, 0.2) is 11.5 Å². The first-order valence-corrected chi connectivity index (χ1v) is 9.24. The van der Waals surface area contributed by atoms with Crippen LogP contribution in [-0.4, -0.2) is 38.7 Å². The van der Waals surface area contributed by atoms with Crippen molar-refractivity contribution in [3.63, 3.8) is 0 Å². The van der Waals surface area contributed by atoms with Gasteiger partial charge in [-0.3, -0.25) is 13.9 Å². The Bertz CT molecular complexity index is 1220. The number of carboxylic acid groups (broad SMARTS) is 1. The molecule has 0 amide bonds. The topological polar surface area (TPSA) is 120 Å². The number of benzene rings is 1. The van der Waals surface area contributed by atoms with Gasteiger partial charge < -0.3 is 19.7 Å². The lowest BCUT2D eigenvalue weighted by Crippen LogP contribution is -2.40. The molecule has 1 aliphatic heterocycles. The molecule has 28 heavy (non-hydrogen) atoms. The second-order valence-corrected chi connectivity index (χ2v) is 7.24. The van der Waals surface area contributed by atoms with Crippen LogP contribution < -0.4 is 20.7 Å². The summed E-state index contributed by atoms with van der Waals surface area (Å²) >= 11 is 0.882. The van der Waals surface area contributed by atoms with Crippen molar-refractivity contribution in [3.8, 4) is 11.5 Å². The maximum Gasteiger partial charge on any atom is 0.346 e. The van der Waals surface area contributed by atoms with Crippen molar-refractivity contribution in [2.75, 3.05) is 13.4 Å². The predicted molar refractivity (Wildman–Crippen MR) is 101 cm³/mol. The Hall–Kier alpha value is -3.11. The third kappa shape index (κ3) is 2.69. The van der Waals surface area contributed by atoms with Crippen LogP contribution >= 0.6 is 11.3 Å². The second-order valence-electron chi connectivity index (χ2n) is 6.24. The number of carbonyl (C=O) groups is 1. The van der Waals surface area contributed by atoms with E-state index in [4.69, 9.17) is 9.47 Å². The zero-order chi connectivity index (χ0) is 20.0. The van der Waals surface area contributed by atoms with Crippen molar-refractivity contribution >= 4 is 27.5 Å². The average molecular weight is 404 g/mol. The molecule has 3 heterocycles. The minimum atomic E-state index is -1.16. The first kappa shape index (κ1) is 18.3. The first-order chi connectivity index (χ1) is 13.4. The lowest BCUT2D eigenvalue weighted by atomic mass is 10.1. The number of aromatic nitrogens is 2. The van der Waals surface area contributed by atoms with Gasteiger partial charge in [0.2, 0.25) is 6.79 Å². The highest BCUT2D eigenvalue weighted by Crippen LogP contribution is 2.36. The van der Waals surface area contributed by atoms with Gasteiger partial charge >= 0.3 is 11.7 Å². The molecule has 1 aliphatic rings. The summed E-state index contributed by atoms with van der Waals surface area (Å²) in [6.45, 7) is 1.10. The van der Waals surface area contributed by atoms with E-state index >= 15 is 0 Å². The third-order valence-electron chi connectivity index (χ3n) is 4.62. The van der Waals surface area contributed by atoms with E-state index in [1.165, 1.54) is 4.57 Å². The van der Waals surface area contributed by atoms with Gasteiger partial charge in [-0.25, -0.2) is 9.59 Å². The maximum atomic E-state index is 13.0. The molecule has 0 spiro atoms. The van der Waals surface area contributed by atoms with Crippen LogP contribution in [-0.2, 0) is 13.1 Å². The quantitative estimate of drug-likeness (QED) is 0.651. The number of aliphatic hydroxyl groups excluding tert-OH is 1. The number of aryl methyl sites for hydroxylation is 1. The molecule has 1 aromatic carbocycles. The van der Waals surface area contributed by atoms with E-state index in [-0.39, 0.29) is 35.0 Å². The van der Waals surface area contributed by atoms with Gasteiger partial charge in [-0.05, 0) is 18.6 Å². The van der Waals surface area contributed by atoms with Crippen LogP contribution in [0.1, 0.15) is 20.8 Å². The van der Waals surface area contributed by atoms with Crippen LogP contribution in [0.25, 0.3) is 10.2 Å². The summed E-state index contributed by atoms with van der Waals surface area (Å²) < 4.78 is 13.1. The van der Waals surface area contributed by atoms with Crippen molar-refractivity contribution in [2.45, 2.75) is 20.0 Å². The standard InChI is InChI=1S/C18H16N2O7S/c1-9-12-15(22)19(5-6-21)18(25)20(16(12)28-14(9)17(23)24)7-10-3-2-4-11-13(10)27-8-26-11/h2-4,21H,5-8H2,1H3,(H,23,24). The molecule has 10 heteroatoms. The van der Waals surface area contributed by atoms with Gasteiger partial charge in [-0.15, -0.1) is 11.3 Å². The molecule has 0 fully saturated rings. The third-order valence-corrected chi connectivity index (χ3v) is 5.92. The summed E-state index contributed by atoms with van der Waals surface area (Å²) in [5.74, 6) is -0.101. The fourth-order valence-corrected chi connectivity index (χ4v) is 4.45. The van der Waals surface area contributed by atoms with Crippen molar-refractivity contribution in [2.24, 2.45) is 0 Å². The fourth-order valence-electron chi connectivity index (χ4n) is 3.32. The number of aromatic carboxylic acids is 1. The van der Waals surface area contributed by atoms with Gasteiger partial charge in [0.25, 0.3) is 5.56 Å². The molecule has 4 rings (SSSR count). The average Bonchev–Trinajstić information content (AvgIpc) is 3.27. The zero-order valence-electron chi connectivity index (χ0n) is 14.8. The summed E-state index contributed by atoms with van der Waals surface area (Å²) in [6.07, 6.45) is 0. The first-order valence-electron chi connectivity index (χ1n) is 8.42. The minimum Gasteiger partial charge on any atom is -0.477 e.